The normalized spacial score (nSPS) is 10.1. The molecule has 6 nitrogen and oxygen atoms in total. The summed E-state index contributed by atoms with van der Waals surface area (Å²) in [5.74, 6) is 0.0147. The molecule has 0 saturated heterocycles. The van der Waals surface area contributed by atoms with Crippen molar-refractivity contribution in [1.29, 1.82) is 0 Å². The Morgan fingerprint density at radius 3 is 2.78 bits per heavy atom. The number of carbonyl (C=O) groups is 1. The molecule has 6 heteroatoms. The van der Waals surface area contributed by atoms with Crippen molar-refractivity contribution in [3.05, 3.63) is 52.6 Å². The van der Waals surface area contributed by atoms with Crippen LogP contribution in [0, 0.1) is 0 Å². The van der Waals surface area contributed by atoms with Crippen LogP contribution in [0.1, 0.15) is 10.4 Å². The number of nitrogens with one attached hydrogen (secondary N) is 1. The minimum absolute atomic E-state index is 0.238. The van der Waals surface area contributed by atoms with E-state index in [1.165, 1.54) is 16.8 Å². The van der Waals surface area contributed by atoms with Crippen LogP contribution in [-0.2, 0) is 7.05 Å². The van der Waals surface area contributed by atoms with Gasteiger partial charge >= 0.3 is 0 Å². The third kappa shape index (κ3) is 2.54. The van der Waals surface area contributed by atoms with Crippen molar-refractivity contribution >= 4 is 17.4 Å². The predicted octanol–water partition coefficient (Wildman–Crippen LogP) is 0.615. The first-order valence-electron chi connectivity index (χ1n) is 5.26. The smallest absolute Gasteiger partial charge is 0.255 e. The van der Waals surface area contributed by atoms with Gasteiger partial charge < -0.3 is 15.6 Å². The highest BCUT2D eigenvalue weighted by Gasteiger charge is 2.07. The molecule has 1 amide bonds. The number of hydrogen-bond donors (Lipinski definition) is 2. The highest BCUT2D eigenvalue weighted by atomic mass is 16.2. The van der Waals surface area contributed by atoms with Gasteiger partial charge in [-0.25, -0.2) is 4.98 Å². The molecule has 18 heavy (non-hydrogen) atoms. The Kier molecular flexibility index (Phi) is 3.09. The summed E-state index contributed by atoms with van der Waals surface area (Å²) >= 11 is 0. The van der Waals surface area contributed by atoms with E-state index in [1.807, 2.05) is 0 Å². The number of nitrogen functional groups attached to an aromatic ring is 1. The van der Waals surface area contributed by atoms with E-state index in [-0.39, 0.29) is 11.5 Å². The summed E-state index contributed by atoms with van der Waals surface area (Å²) in [6.07, 6.45) is 2.99. The topological polar surface area (TPSA) is 90.0 Å². The maximum absolute atomic E-state index is 11.8. The first-order valence-corrected chi connectivity index (χ1v) is 5.26. The Balaban J connectivity index is 2.19. The van der Waals surface area contributed by atoms with Gasteiger partial charge in [-0.1, -0.05) is 0 Å². The van der Waals surface area contributed by atoms with Crippen molar-refractivity contribution in [2.24, 2.45) is 7.05 Å². The predicted molar refractivity (Wildman–Crippen MR) is 68.3 cm³/mol. The van der Waals surface area contributed by atoms with E-state index in [0.717, 1.165) is 0 Å². The van der Waals surface area contributed by atoms with E-state index in [1.54, 1.807) is 31.4 Å². The summed E-state index contributed by atoms with van der Waals surface area (Å²) in [7, 11) is 1.62. The molecule has 0 aliphatic heterocycles. The van der Waals surface area contributed by atoms with Crippen LogP contribution in [0.5, 0.6) is 0 Å². The van der Waals surface area contributed by atoms with E-state index in [0.29, 0.717) is 17.1 Å². The molecule has 0 unspecified atom stereocenters. The van der Waals surface area contributed by atoms with Gasteiger partial charge in [0.1, 0.15) is 5.82 Å². The fourth-order valence-corrected chi connectivity index (χ4v) is 1.37. The van der Waals surface area contributed by atoms with Crippen molar-refractivity contribution in [2.45, 2.75) is 0 Å². The molecule has 2 aromatic heterocycles. The number of pyridine rings is 2. The zero-order valence-corrected chi connectivity index (χ0v) is 9.75. The van der Waals surface area contributed by atoms with Gasteiger partial charge in [0, 0.05) is 24.9 Å². The molecule has 3 N–H and O–H groups in total. The second-order valence-corrected chi connectivity index (χ2v) is 3.79. The first-order chi connectivity index (χ1) is 8.56. The standard InChI is InChI=1S/C12H12N4O2/c1-16-5-4-8(6-11(16)17)12(18)15-9-2-3-10(13)14-7-9/h2-7H,1H3,(H2,13,14)(H,15,18). The summed E-state index contributed by atoms with van der Waals surface area (Å²) < 4.78 is 1.39. The Labute approximate surface area is 103 Å². The van der Waals surface area contributed by atoms with Crippen LogP contribution in [0.4, 0.5) is 11.5 Å². The molecule has 0 radical (unpaired) electrons. The van der Waals surface area contributed by atoms with Crippen LogP contribution in [0.15, 0.2) is 41.5 Å². The molecule has 2 heterocycles. The molecule has 2 aromatic rings. The van der Waals surface area contributed by atoms with Crippen molar-refractivity contribution < 1.29 is 4.79 Å². The number of aromatic nitrogens is 2. The molecular weight excluding hydrogens is 232 g/mol. The summed E-state index contributed by atoms with van der Waals surface area (Å²) in [4.78, 5) is 27.1. The second kappa shape index (κ2) is 4.70. The second-order valence-electron chi connectivity index (χ2n) is 3.79. The summed E-state index contributed by atoms with van der Waals surface area (Å²) in [5.41, 5.74) is 6.02. The van der Waals surface area contributed by atoms with Gasteiger partial charge in [-0.15, -0.1) is 0 Å². The number of rotatable bonds is 2. The lowest BCUT2D eigenvalue weighted by molar-refractivity contribution is 0.102. The largest absolute Gasteiger partial charge is 0.384 e. The van der Waals surface area contributed by atoms with Crippen molar-refractivity contribution in [3.8, 4) is 0 Å². The molecule has 0 fully saturated rings. The number of amides is 1. The van der Waals surface area contributed by atoms with E-state index in [9.17, 15) is 9.59 Å². The minimum Gasteiger partial charge on any atom is -0.384 e. The molecule has 0 aliphatic carbocycles. The van der Waals surface area contributed by atoms with E-state index >= 15 is 0 Å². The van der Waals surface area contributed by atoms with E-state index in [4.69, 9.17) is 5.73 Å². The average Bonchev–Trinajstić information content (AvgIpc) is 2.35. The van der Waals surface area contributed by atoms with Gasteiger partial charge in [-0.3, -0.25) is 9.59 Å². The highest BCUT2D eigenvalue weighted by molar-refractivity contribution is 6.04. The van der Waals surface area contributed by atoms with Crippen LogP contribution < -0.4 is 16.6 Å². The molecule has 2 rings (SSSR count). The lowest BCUT2D eigenvalue weighted by Gasteiger charge is -2.05. The summed E-state index contributed by atoms with van der Waals surface area (Å²) in [6.45, 7) is 0. The van der Waals surface area contributed by atoms with Crippen LogP contribution >= 0.6 is 0 Å². The van der Waals surface area contributed by atoms with Gasteiger partial charge in [-0.2, -0.15) is 0 Å². The molecule has 0 aliphatic rings. The number of carbonyl (C=O) groups excluding carboxylic acids is 1. The van der Waals surface area contributed by atoms with Gasteiger partial charge in [-0.05, 0) is 18.2 Å². The quantitative estimate of drug-likeness (QED) is 0.810. The molecule has 0 saturated carbocycles. The van der Waals surface area contributed by atoms with Crippen molar-refractivity contribution in [3.63, 3.8) is 0 Å². The van der Waals surface area contributed by atoms with Crippen LogP contribution in [0.3, 0.4) is 0 Å². The average molecular weight is 244 g/mol. The Morgan fingerprint density at radius 2 is 2.17 bits per heavy atom. The van der Waals surface area contributed by atoms with Gasteiger partial charge in [0.2, 0.25) is 0 Å². The number of hydrogen-bond acceptors (Lipinski definition) is 4. The molecule has 0 atom stereocenters. The molecule has 0 spiro atoms. The van der Waals surface area contributed by atoms with Crippen LogP contribution in [0.25, 0.3) is 0 Å². The fraction of sp³-hybridized carbons (Fsp3) is 0.0833. The molecular formula is C12H12N4O2. The van der Waals surface area contributed by atoms with Gasteiger partial charge in [0.25, 0.3) is 11.5 Å². The SMILES string of the molecule is Cn1ccc(C(=O)Nc2ccc(N)nc2)cc1=O. The zero-order valence-electron chi connectivity index (χ0n) is 9.75. The number of nitrogens with two attached hydrogens (primary N) is 1. The lowest BCUT2D eigenvalue weighted by Crippen LogP contribution is -2.20. The van der Waals surface area contributed by atoms with Gasteiger partial charge in [0.15, 0.2) is 0 Å². The Bertz CT molecular complexity index is 631. The van der Waals surface area contributed by atoms with E-state index < -0.39 is 0 Å². The zero-order chi connectivity index (χ0) is 13.1. The van der Waals surface area contributed by atoms with Crippen LogP contribution in [0.2, 0.25) is 0 Å². The third-order valence-corrected chi connectivity index (χ3v) is 2.41. The maximum atomic E-state index is 11.8. The lowest BCUT2D eigenvalue weighted by atomic mass is 10.2. The number of nitrogens with zero attached hydrogens (tertiary/aromatic N) is 2. The Hall–Kier alpha value is -2.63. The number of aryl methyl sites for hydroxylation is 1. The van der Waals surface area contributed by atoms with Gasteiger partial charge in [0.05, 0.1) is 11.9 Å². The number of anilines is 2. The highest BCUT2D eigenvalue weighted by Crippen LogP contribution is 2.08. The molecule has 0 aromatic carbocycles. The van der Waals surface area contributed by atoms with Crippen molar-refractivity contribution in [1.82, 2.24) is 9.55 Å². The maximum Gasteiger partial charge on any atom is 0.255 e. The fourth-order valence-electron chi connectivity index (χ4n) is 1.37. The third-order valence-electron chi connectivity index (χ3n) is 2.41. The minimum atomic E-state index is -0.362. The molecule has 0 bridgehead atoms. The van der Waals surface area contributed by atoms with Crippen LogP contribution in [-0.4, -0.2) is 15.5 Å². The summed E-state index contributed by atoms with van der Waals surface area (Å²) in [5, 5.41) is 2.63. The first kappa shape index (κ1) is 11.8. The van der Waals surface area contributed by atoms with Crippen molar-refractivity contribution in [2.75, 3.05) is 11.1 Å². The Morgan fingerprint density at radius 1 is 1.39 bits per heavy atom. The molecule has 92 valence electrons. The summed E-state index contributed by atoms with van der Waals surface area (Å²) in [6, 6.07) is 6.07. The monoisotopic (exact) mass is 244 g/mol. The van der Waals surface area contributed by atoms with E-state index in [2.05, 4.69) is 10.3 Å².